The maximum absolute atomic E-state index is 10.0. The van der Waals surface area contributed by atoms with Gasteiger partial charge in [-0.05, 0) is 52.2 Å². The minimum atomic E-state index is -0.512. The minimum absolute atomic E-state index is 0.512. The van der Waals surface area contributed by atoms with Gasteiger partial charge in [0.05, 0.1) is 5.60 Å². The molecule has 0 spiro atoms. The van der Waals surface area contributed by atoms with Gasteiger partial charge in [0.15, 0.2) is 0 Å². The van der Waals surface area contributed by atoms with Crippen molar-refractivity contribution in [1.82, 2.24) is 10.2 Å². The van der Waals surface area contributed by atoms with Crippen molar-refractivity contribution >= 4 is 0 Å². The number of piperidine rings is 1. The second-order valence-corrected chi connectivity index (χ2v) is 5.15. The highest BCUT2D eigenvalue weighted by molar-refractivity contribution is 4.81. The number of likely N-dealkylation sites (tertiary alicyclic amines) is 1. The van der Waals surface area contributed by atoms with Gasteiger partial charge in [-0.3, -0.25) is 0 Å². The first-order chi connectivity index (χ1) is 7.07. The summed E-state index contributed by atoms with van der Waals surface area (Å²) >= 11 is 0. The van der Waals surface area contributed by atoms with E-state index in [2.05, 4.69) is 17.1 Å². The molecule has 0 aromatic heterocycles. The first-order valence-electron chi connectivity index (χ1n) is 6.16. The van der Waals surface area contributed by atoms with Crippen molar-refractivity contribution in [3.8, 4) is 0 Å². The van der Waals surface area contributed by atoms with Crippen molar-refractivity contribution in [2.24, 2.45) is 5.92 Å². The summed E-state index contributed by atoms with van der Waals surface area (Å²) in [6.07, 6.45) is 3.43. The molecule has 1 aliphatic heterocycles. The Labute approximate surface area is 93.9 Å². The van der Waals surface area contributed by atoms with Gasteiger partial charge in [0, 0.05) is 13.1 Å². The summed E-state index contributed by atoms with van der Waals surface area (Å²) in [5, 5.41) is 13.3. The molecule has 1 fully saturated rings. The fraction of sp³-hybridized carbons (Fsp3) is 1.00. The van der Waals surface area contributed by atoms with Gasteiger partial charge >= 0.3 is 0 Å². The third-order valence-corrected chi connectivity index (χ3v) is 3.42. The molecule has 15 heavy (non-hydrogen) atoms. The lowest BCUT2D eigenvalue weighted by atomic mass is 9.95. The average molecular weight is 214 g/mol. The van der Waals surface area contributed by atoms with E-state index in [0.29, 0.717) is 0 Å². The van der Waals surface area contributed by atoms with Crippen LogP contribution in [0.25, 0.3) is 0 Å². The zero-order valence-corrected chi connectivity index (χ0v) is 10.4. The van der Waals surface area contributed by atoms with Crippen molar-refractivity contribution in [3.05, 3.63) is 0 Å². The molecule has 2 unspecified atom stereocenters. The van der Waals surface area contributed by atoms with Crippen LogP contribution in [0.2, 0.25) is 0 Å². The molecule has 2 atom stereocenters. The number of rotatable bonds is 5. The fourth-order valence-electron chi connectivity index (χ4n) is 2.34. The van der Waals surface area contributed by atoms with E-state index in [1.54, 1.807) is 0 Å². The van der Waals surface area contributed by atoms with Crippen LogP contribution in [0.1, 0.15) is 33.1 Å². The maximum atomic E-state index is 10.0. The number of hydrogen-bond acceptors (Lipinski definition) is 3. The molecule has 90 valence electrons. The molecule has 0 saturated carbocycles. The lowest BCUT2D eigenvalue weighted by molar-refractivity contribution is 0.00432. The molecule has 1 aliphatic rings. The van der Waals surface area contributed by atoms with Crippen LogP contribution in [0.4, 0.5) is 0 Å². The monoisotopic (exact) mass is 214 g/mol. The molecule has 1 saturated heterocycles. The predicted molar refractivity (Wildman–Crippen MR) is 64.0 cm³/mol. The Balaban J connectivity index is 2.36. The van der Waals surface area contributed by atoms with Crippen LogP contribution < -0.4 is 5.32 Å². The largest absolute Gasteiger partial charge is 0.389 e. The zero-order valence-electron chi connectivity index (χ0n) is 10.4. The summed E-state index contributed by atoms with van der Waals surface area (Å²) in [6, 6.07) is 0. The molecule has 0 aromatic carbocycles. The molecule has 0 aliphatic carbocycles. The summed E-state index contributed by atoms with van der Waals surface area (Å²) in [5.74, 6) is 0.761. The lowest BCUT2D eigenvalue weighted by Crippen LogP contribution is -2.46. The Bertz CT molecular complexity index is 180. The highest BCUT2D eigenvalue weighted by Gasteiger charge is 2.26. The van der Waals surface area contributed by atoms with E-state index in [4.69, 9.17) is 0 Å². The number of aliphatic hydroxyl groups is 1. The van der Waals surface area contributed by atoms with Gasteiger partial charge < -0.3 is 15.3 Å². The topological polar surface area (TPSA) is 35.5 Å². The number of nitrogens with zero attached hydrogens (tertiary/aromatic N) is 1. The number of β-amino-alcohol motifs (C(OH)–C–C–N with tert-alkyl or cyclic N) is 1. The van der Waals surface area contributed by atoms with Gasteiger partial charge in [0.1, 0.15) is 0 Å². The molecule has 0 aromatic rings. The van der Waals surface area contributed by atoms with Gasteiger partial charge in [-0.15, -0.1) is 0 Å². The first-order valence-corrected chi connectivity index (χ1v) is 6.16. The van der Waals surface area contributed by atoms with Crippen LogP contribution in [-0.4, -0.2) is 48.8 Å². The van der Waals surface area contributed by atoms with E-state index in [1.165, 1.54) is 12.8 Å². The van der Waals surface area contributed by atoms with Crippen LogP contribution in [0.3, 0.4) is 0 Å². The summed E-state index contributed by atoms with van der Waals surface area (Å²) < 4.78 is 0. The van der Waals surface area contributed by atoms with Crippen LogP contribution >= 0.6 is 0 Å². The van der Waals surface area contributed by atoms with Gasteiger partial charge in [0.25, 0.3) is 0 Å². The molecular weight excluding hydrogens is 188 g/mol. The molecule has 1 heterocycles. The zero-order chi connectivity index (χ0) is 11.3. The van der Waals surface area contributed by atoms with E-state index in [0.717, 1.165) is 38.5 Å². The van der Waals surface area contributed by atoms with Crippen molar-refractivity contribution in [2.75, 3.05) is 33.2 Å². The third-order valence-electron chi connectivity index (χ3n) is 3.42. The molecule has 1 rings (SSSR count). The SMILES string of the molecule is CCC(C)(O)CN1CCCC(CNC)C1. The number of nitrogens with one attached hydrogen (secondary N) is 1. The second kappa shape index (κ2) is 5.83. The van der Waals surface area contributed by atoms with Gasteiger partial charge in [0.2, 0.25) is 0 Å². The molecular formula is C12H26N2O. The Hall–Kier alpha value is -0.120. The van der Waals surface area contributed by atoms with Crippen LogP contribution in [-0.2, 0) is 0 Å². The van der Waals surface area contributed by atoms with Crippen LogP contribution in [0, 0.1) is 5.92 Å². The molecule has 0 amide bonds. The summed E-state index contributed by atoms with van der Waals surface area (Å²) in [7, 11) is 2.02. The average Bonchev–Trinajstić information content (AvgIpc) is 2.18. The predicted octanol–water partition coefficient (Wildman–Crippen LogP) is 1.08. The standard InChI is InChI=1S/C12H26N2O/c1-4-12(2,15)10-14-7-5-6-11(9-14)8-13-3/h11,13,15H,4-10H2,1-3H3. The van der Waals surface area contributed by atoms with E-state index in [1.807, 2.05) is 14.0 Å². The van der Waals surface area contributed by atoms with Crippen molar-refractivity contribution in [2.45, 2.75) is 38.7 Å². The Kier molecular flexibility index (Phi) is 5.03. The van der Waals surface area contributed by atoms with Crippen LogP contribution in [0.5, 0.6) is 0 Å². The number of hydrogen-bond donors (Lipinski definition) is 2. The normalized spacial score (nSPS) is 27.6. The first kappa shape index (κ1) is 12.9. The lowest BCUT2D eigenvalue weighted by Gasteiger charge is -2.37. The van der Waals surface area contributed by atoms with Crippen molar-refractivity contribution < 1.29 is 5.11 Å². The van der Waals surface area contributed by atoms with Gasteiger partial charge in [-0.2, -0.15) is 0 Å². The van der Waals surface area contributed by atoms with Gasteiger partial charge in [-0.1, -0.05) is 6.92 Å². The fourth-order valence-corrected chi connectivity index (χ4v) is 2.34. The smallest absolute Gasteiger partial charge is 0.0743 e. The van der Waals surface area contributed by atoms with Gasteiger partial charge in [-0.25, -0.2) is 0 Å². The Morgan fingerprint density at radius 1 is 1.53 bits per heavy atom. The maximum Gasteiger partial charge on any atom is 0.0743 e. The Morgan fingerprint density at radius 3 is 2.87 bits per heavy atom. The summed E-state index contributed by atoms with van der Waals surface area (Å²) in [5.41, 5.74) is -0.512. The van der Waals surface area contributed by atoms with Crippen molar-refractivity contribution in [1.29, 1.82) is 0 Å². The molecule has 0 radical (unpaired) electrons. The van der Waals surface area contributed by atoms with E-state index >= 15 is 0 Å². The second-order valence-electron chi connectivity index (χ2n) is 5.15. The Morgan fingerprint density at radius 2 is 2.27 bits per heavy atom. The van der Waals surface area contributed by atoms with E-state index < -0.39 is 5.60 Å². The highest BCUT2D eigenvalue weighted by atomic mass is 16.3. The summed E-state index contributed by atoms with van der Waals surface area (Å²) in [6.45, 7) is 8.20. The van der Waals surface area contributed by atoms with Crippen LogP contribution in [0.15, 0.2) is 0 Å². The van der Waals surface area contributed by atoms with Crippen molar-refractivity contribution in [3.63, 3.8) is 0 Å². The third kappa shape index (κ3) is 4.49. The highest BCUT2D eigenvalue weighted by Crippen LogP contribution is 2.19. The quantitative estimate of drug-likeness (QED) is 0.719. The van der Waals surface area contributed by atoms with E-state index in [9.17, 15) is 5.11 Å². The molecule has 2 N–H and O–H groups in total. The molecule has 3 heteroatoms. The van der Waals surface area contributed by atoms with E-state index in [-0.39, 0.29) is 0 Å². The molecule has 3 nitrogen and oxygen atoms in total. The minimum Gasteiger partial charge on any atom is -0.389 e. The molecule has 0 bridgehead atoms. The summed E-state index contributed by atoms with van der Waals surface area (Å²) in [4.78, 5) is 2.41.